The fourth-order valence-electron chi connectivity index (χ4n) is 3.43. The predicted molar refractivity (Wildman–Crippen MR) is 138 cm³/mol. The Morgan fingerprint density at radius 2 is 1.69 bits per heavy atom. The fraction of sp³-hybridized carbons (Fsp3) is 0.417. The van der Waals surface area contributed by atoms with E-state index in [2.05, 4.69) is 5.32 Å². The summed E-state index contributed by atoms with van der Waals surface area (Å²) in [5, 5.41) is 3.33. The van der Waals surface area contributed by atoms with Crippen LogP contribution in [0.25, 0.3) is 0 Å². The van der Waals surface area contributed by atoms with Crippen LogP contribution in [0.1, 0.15) is 39.2 Å². The lowest BCUT2D eigenvalue weighted by molar-refractivity contribution is -0.140. The molecule has 2 aromatic carbocycles. The number of nitrogens with one attached hydrogen (secondary N) is 1. The molecule has 0 saturated heterocycles. The van der Waals surface area contributed by atoms with Gasteiger partial charge in [-0.05, 0) is 63.1 Å². The summed E-state index contributed by atoms with van der Waals surface area (Å²) in [6.45, 7) is 5.34. The molecule has 0 aliphatic carbocycles. The molecule has 0 spiro atoms. The van der Waals surface area contributed by atoms with Crippen molar-refractivity contribution in [2.24, 2.45) is 0 Å². The Morgan fingerprint density at radius 1 is 1.06 bits per heavy atom. The van der Waals surface area contributed by atoms with E-state index >= 15 is 0 Å². The average molecular weight is 546 g/mol. The number of hydrogen-bond donors (Lipinski definition) is 1. The maximum absolute atomic E-state index is 13.3. The van der Waals surface area contributed by atoms with Gasteiger partial charge < -0.3 is 10.2 Å². The molecule has 35 heavy (non-hydrogen) atoms. The molecular formula is C24H30Cl2FN3O4S. The molecule has 0 radical (unpaired) electrons. The van der Waals surface area contributed by atoms with E-state index in [1.165, 1.54) is 29.2 Å². The van der Waals surface area contributed by atoms with Gasteiger partial charge in [0, 0.05) is 30.6 Å². The molecular weight excluding hydrogens is 516 g/mol. The molecule has 0 heterocycles. The normalized spacial score (nSPS) is 12.3. The molecule has 0 unspecified atom stereocenters. The van der Waals surface area contributed by atoms with Gasteiger partial charge in [0.1, 0.15) is 11.9 Å². The van der Waals surface area contributed by atoms with Crippen LogP contribution in [0.5, 0.6) is 0 Å². The zero-order valence-corrected chi connectivity index (χ0v) is 22.4. The zero-order valence-electron chi connectivity index (χ0n) is 20.1. The predicted octanol–water partition coefficient (Wildman–Crippen LogP) is 4.62. The topological polar surface area (TPSA) is 86.8 Å². The SMILES string of the molecule is CC(C)NC(=O)[C@@H](C)N(Cc1ccc(F)cc1)C(=O)CCCN(c1cc(Cl)ccc1Cl)S(C)(=O)=O. The summed E-state index contributed by atoms with van der Waals surface area (Å²) < 4.78 is 39.3. The number of hydrogen-bond acceptors (Lipinski definition) is 4. The van der Waals surface area contributed by atoms with E-state index in [-0.39, 0.29) is 54.5 Å². The maximum atomic E-state index is 13.3. The second kappa shape index (κ2) is 12.6. The van der Waals surface area contributed by atoms with Gasteiger partial charge in [0.2, 0.25) is 21.8 Å². The molecule has 0 bridgehead atoms. The van der Waals surface area contributed by atoms with E-state index in [0.717, 1.165) is 10.6 Å². The highest BCUT2D eigenvalue weighted by atomic mass is 35.5. The van der Waals surface area contributed by atoms with Gasteiger partial charge in [0.15, 0.2) is 0 Å². The van der Waals surface area contributed by atoms with Crippen LogP contribution >= 0.6 is 23.2 Å². The number of carbonyl (C=O) groups excluding carboxylic acids is 2. The Balaban J connectivity index is 2.20. The van der Waals surface area contributed by atoms with Crippen LogP contribution < -0.4 is 9.62 Å². The summed E-state index contributed by atoms with van der Waals surface area (Å²) >= 11 is 12.2. The Morgan fingerprint density at radius 3 is 2.26 bits per heavy atom. The highest BCUT2D eigenvalue weighted by molar-refractivity contribution is 7.92. The largest absolute Gasteiger partial charge is 0.352 e. The maximum Gasteiger partial charge on any atom is 0.242 e. The number of amides is 2. The molecule has 11 heteroatoms. The smallest absolute Gasteiger partial charge is 0.242 e. The van der Waals surface area contributed by atoms with Crippen LogP contribution in [-0.4, -0.2) is 50.0 Å². The number of sulfonamides is 1. The second-order valence-corrected chi connectivity index (χ2v) is 11.3. The molecule has 0 aliphatic heterocycles. The van der Waals surface area contributed by atoms with Crippen LogP contribution in [0.4, 0.5) is 10.1 Å². The van der Waals surface area contributed by atoms with Gasteiger partial charge in [-0.15, -0.1) is 0 Å². The summed E-state index contributed by atoms with van der Waals surface area (Å²) in [4.78, 5) is 27.2. The van der Waals surface area contributed by atoms with E-state index in [0.29, 0.717) is 10.6 Å². The summed E-state index contributed by atoms with van der Waals surface area (Å²) in [5.41, 5.74) is 0.884. The molecule has 1 atom stereocenters. The molecule has 0 aliphatic rings. The minimum Gasteiger partial charge on any atom is -0.352 e. The zero-order chi connectivity index (χ0) is 26.3. The highest BCUT2D eigenvalue weighted by Crippen LogP contribution is 2.31. The van der Waals surface area contributed by atoms with Crippen LogP contribution in [0, 0.1) is 5.82 Å². The highest BCUT2D eigenvalue weighted by Gasteiger charge is 2.27. The van der Waals surface area contributed by atoms with Gasteiger partial charge in [0.05, 0.1) is 17.0 Å². The summed E-state index contributed by atoms with van der Waals surface area (Å²) in [5.74, 6) is -1.07. The quantitative estimate of drug-likeness (QED) is 0.446. The Bertz CT molecular complexity index is 1140. The summed E-state index contributed by atoms with van der Waals surface area (Å²) in [6.07, 6.45) is 1.20. The molecule has 2 rings (SSSR count). The third-order valence-corrected chi connectivity index (χ3v) is 6.93. The first kappa shape index (κ1) is 28.9. The lowest BCUT2D eigenvalue weighted by Crippen LogP contribution is -2.49. The van der Waals surface area contributed by atoms with Gasteiger partial charge in [-0.3, -0.25) is 13.9 Å². The van der Waals surface area contributed by atoms with E-state index in [1.54, 1.807) is 25.1 Å². The first-order valence-corrected chi connectivity index (χ1v) is 13.7. The molecule has 2 amide bonds. The van der Waals surface area contributed by atoms with Crippen LogP contribution in [-0.2, 0) is 26.2 Å². The summed E-state index contributed by atoms with van der Waals surface area (Å²) in [6, 6.07) is 9.28. The van der Waals surface area contributed by atoms with Gasteiger partial charge >= 0.3 is 0 Å². The van der Waals surface area contributed by atoms with E-state index in [1.807, 2.05) is 13.8 Å². The monoisotopic (exact) mass is 545 g/mol. The standard InChI is InChI=1S/C24H30Cl2FN3O4S/c1-16(2)28-24(32)17(3)29(15-18-7-10-20(27)11-8-18)23(31)6-5-13-30(35(4,33)34)22-14-19(25)9-12-21(22)26/h7-12,14,16-17H,5-6,13,15H2,1-4H3,(H,28,32)/t17-/m1/s1. The number of rotatable bonds is 11. The van der Waals surface area contributed by atoms with E-state index in [9.17, 15) is 22.4 Å². The molecule has 1 N–H and O–H groups in total. The lowest BCUT2D eigenvalue weighted by Gasteiger charge is -2.30. The first-order valence-electron chi connectivity index (χ1n) is 11.1. The van der Waals surface area contributed by atoms with Crippen molar-refractivity contribution < 1.29 is 22.4 Å². The van der Waals surface area contributed by atoms with Crippen molar-refractivity contribution in [3.8, 4) is 0 Å². The van der Waals surface area contributed by atoms with Crippen LogP contribution in [0.15, 0.2) is 42.5 Å². The number of carbonyl (C=O) groups is 2. The van der Waals surface area contributed by atoms with Gasteiger partial charge in [0.25, 0.3) is 0 Å². The minimum absolute atomic E-state index is 0.0123. The van der Waals surface area contributed by atoms with Crippen molar-refractivity contribution in [2.45, 2.75) is 52.2 Å². The molecule has 0 aromatic heterocycles. The third kappa shape index (κ3) is 8.66. The van der Waals surface area contributed by atoms with Gasteiger partial charge in [-0.1, -0.05) is 35.3 Å². The Labute approximate surface area is 216 Å². The van der Waals surface area contributed by atoms with Crippen molar-refractivity contribution in [3.05, 3.63) is 63.9 Å². The van der Waals surface area contributed by atoms with Crippen molar-refractivity contribution in [1.29, 1.82) is 0 Å². The van der Waals surface area contributed by atoms with Crippen molar-refractivity contribution >= 4 is 50.7 Å². The number of benzene rings is 2. The minimum atomic E-state index is -3.71. The lowest BCUT2D eigenvalue weighted by atomic mass is 10.1. The number of nitrogens with zero attached hydrogens (tertiary/aromatic N) is 2. The van der Waals surface area contributed by atoms with Crippen LogP contribution in [0.3, 0.4) is 0 Å². The molecule has 7 nitrogen and oxygen atoms in total. The first-order chi connectivity index (χ1) is 16.3. The molecule has 0 saturated carbocycles. The third-order valence-electron chi connectivity index (χ3n) is 5.19. The van der Waals surface area contributed by atoms with Crippen molar-refractivity contribution in [1.82, 2.24) is 10.2 Å². The molecule has 0 fully saturated rings. The van der Waals surface area contributed by atoms with Crippen molar-refractivity contribution in [2.75, 3.05) is 17.1 Å². The van der Waals surface area contributed by atoms with E-state index in [4.69, 9.17) is 23.2 Å². The molecule has 2 aromatic rings. The van der Waals surface area contributed by atoms with Crippen molar-refractivity contribution in [3.63, 3.8) is 0 Å². The Hall–Kier alpha value is -2.36. The van der Waals surface area contributed by atoms with Crippen LogP contribution in [0.2, 0.25) is 10.0 Å². The average Bonchev–Trinajstić information content (AvgIpc) is 2.76. The second-order valence-electron chi connectivity index (χ2n) is 8.52. The fourth-order valence-corrected chi connectivity index (χ4v) is 4.84. The van der Waals surface area contributed by atoms with Gasteiger partial charge in [-0.25, -0.2) is 12.8 Å². The summed E-state index contributed by atoms with van der Waals surface area (Å²) in [7, 11) is -3.71. The number of halogens is 3. The number of anilines is 1. The Kier molecular flexibility index (Phi) is 10.4. The van der Waals surface area contributed by atoms with E-state index < -0.39 is 21.9 Å². The molecule has 192 valence electrons. The van der Waals surface area contributed by atoms with Gasteiger partial charge in [-0.2, -0.15) is 0 Å².